The van der Waals surface area contributed by atoms with E-state index >= 15 is 0 Å². The third-order valence-electron chi connectivity index (χ3n) is 4.58. The predicted octanol–water partition coefficient (Wildman–Crippen LogP) is 3.17. The van der Waals surface area contributed by atoms with Crippen LogP contribution < -0.4 is 10.6 Å². The molecule has 2 amide bonds. The highest BCUT2D eigenvalue weighted by molar-refractivity contribution is 5.73. The fraction of sp³-hybridized carbons (Fsp3) is 0.611. The summed E-state index contributed by atoms with van der Waals surface area (Å²) in [6.07, 6.45) is 6.50. The van der Waals surface area contributed by atoms with Gasteiger partial charge in [0.15, 0.2) is 0 Å². The molecule has 4 heteroatoms. The topological polar surface area (TPSA) is 44.4 Å². The smallest absolute Gasteiger partial charge is 0.314 e. The van der Waals surface area contributed by atoms with Gasteiger partial charge in [-0.05, 0) is 32.0 Å². The van der Waals surface area contributed by atoms with Gasteiger partial charge in [0.1, 0.15) is 0 Å². The first-order chi connectivity index (χ1) is 10.7. The van der Waals surface area contributed by atoms with Gasteiger partial charge in [0.2, 0.25) is 0 Å². The summed E-state index contributed by atoms with van der Waals surface area (Å²) >= 11 is 0. The molecule has 1 atom stereocenters. The van der Waals surface area contributed by atoms with Gasteiger partial charge < -0.3 is 15.5 Å². The van der Waals surface area contributed by atoms with Gasteiger partial charge in [-0.25, -0.2) is 4.79 Å². The summed E-state index contributed by atoms with van der Waals surface area (Å²) in [4.78, 5) is 14.1. The molecular formula is C18H29N3O. The van der Waals surface area contributed by atoms with Crippen LogP contribution in [0, 0.1) is 5.92 Å². The zero-order valence-electron chi connectivity index (χ0n) is 13.8. The maximum atomic E-state index is 11.9. The van der Waals surface area contributed by atoms with Gasteiger partial charge in [-0.1, -0.05) is 56.0 Å². The lowest BCUT2D eigenvalue weighted by atomic mass is 10.0. The van der Waals surface area contributed by atoms with Gasteiger partial charge in [-0.15, -0.1) is 0 Å². The predicted molar refractivity (Wildman–Crippen MR) is 90.8 cm³/mol. The highest BCUT2D eigenvalue weighted by Crippen LogP contribution is 2.26. The first-order valence-electron chi connectivity index (χ1n) is 8.40. The maximum absolute atomic E-state index is 11.9. The van der Waals surface area contributed by atoms with E-state index < -0.39 is 0 Å². The van der Waals surface area contributed by atoms with Crippen molar-refractivity contribution in [3.8, 4) is 0 Å². The number of carbonyl (C=O) groups excluding carboxylic acids is 1. The van der Waals surface area contributed by atoms with Gasteiger partial charge in [0.05, 0.1) is 6.04 Å². The Labute approximate surface area is 134 Å². The Morgan fingerprint density at radius 3 is 2.50 bits per heavy atom. The molecule has 1 aliphatic rings. The van der Waals surface area contributed by atoms with Crippen LogP contribution in [0.4, 0.5) is 4.79 Å². The number of urea groups is 1. The van der Waals surface area contributed by atoms with Crippen molar-refractivity contribution in [2.75, 3.05) is 27.2 Å². The van der Waals surface area contributed by atoms with Crippen LogP contribution in [0.3, 0.4) is 0 Å². The molecule has 4 nitrogen and oxygen atoms in total. The van der Waals surface area contributed by atoms with Crippen LogP contribution in [0.15, 0.2) is 30.3 Å². The summed E-state index contributed by atoms with van der Waals surface area (Å²) < 4.78 is 0. The van der Waals surface area contributed by atoms with E-state index in [9.17, 15) is 4.79 Å². The molecule has 1 fully saturated rings. The molecule has 1 saturated carbocycles. The molecule has 2 N–H and O–H groups in total. The van der Waals surface area contributed by atoms with E-state index in [1.54, 1.807) is 0 Å². The van der Waals surface area contributed by atoms with E-state index in [1.807, 2.05) is 32.3 Å². The van der Waals surface area contributed by atoms with E-state index in [4.69, 9.17) is 0 Å². The molecule has 1 aliphatic carbocycles. The molecule has 0 saturated heterocycles. The molecule has 22 heavy (non-hydrogen) atoms. The highest BCUT2D eigenvalue weighted by Gasteiger charge is 2.16. The summed E-state index contributed by atoms with van der Waals surface area (Å²) in [7, 11) is 4.08. The standard InChI is InChI=1S/C18H29N3O/c1-21(2)17(16-10-4-3-5-11-16)14-20-18(22)19-13-12-15-8-6-7-9-15/h3-5,10-11,15,17H,6-9,12-14H2,1-2H3,(H2,19,20,22)/t17-/m1/s1. The number of carbonyl (C=O) groups is 1. The van der Waals surface area contributed by atoms with E-state index in [0.717, 1.165) is 18.9 Å². The quantitative estimate of drug-likeness (QED) is 0.812. The molecule has 1 aromatic carbocycles. The summed E-state index contributed by atoms with van der Waals surface area (Å²) in [5.74, 6) is 0.819. The molecule has 0 heterocycles. The molecule has 0 radical (unpaired) electrons. The van der Waals surface area contributed by atoms with Crippen molar-refractivity contribution >= 4 is 6.03 Å². The van der Waals surface area contributed by atoms with Gasteiger partial charge in [0.25, 0.3) is 0 Å². The Hall–Kier alpha value is -1.55. The second-order valence-electron chi connectivity index (χ2n) is 6.47. The SMILES string of the molecule is CN(C)[C@H](CNC(=O)NCCC1CCCC1)c1ccccc1. The molecule has 0 spiro atoms. The Bertz CT molecular complexity index is 441. The third-order valence-corrected chi connectivity index (χ3v) is 4.58. The Morgan fingerprint density at radius 1 is 1.18 bits per heavy atom. The van der Waals surface area contributed by atoms with Gasteiger partial charge in [-0.3, -0.25) is 0 Å². The van der Waals surface area contributed by atoms with Gasteiger partial charge in [0, 0.05) is 13.1 Å². The molecule has 0 aliphatic heterocycles. The van der Waals surface area contributed by atoms with Crippen molar-refractivity contribution in [1.82, 2.24) is 15.5 Å². The first-order valence-corrected chi connectivity index (χ1v) is 8.40. The van der Waals surface area contributed by atoms with E-state index in [2.05, 4.69) is 27.7 Å². The van der Waals surface area contributed by atoms with Crippen LogP contribution in [-0.4, -0.2) is 38.1 Å². The van der Waals surface area contributed by atoms with Crippen LogP contribution in [0.5, 0.6) is 0 Å². The zero-order chi connectivity index (χ0) is 15.8. The summed E-state index contributed by atoms with van der Waals surface area (Å²) in [6.45, 7) is 1.40. The lowest BCUT2D eigenvalue weighted by molar-refractivity contribution is 0.232. The van der Waals surface area contributed by atoms with Crippen LogP contribution in [-0.2, 0) is 0 Å². The lowest BCUT2D eigenvalue weighted by Crippen LogP contribution is -2.41. The molecule has 0 aromatic heterocycles. The number of rotatable bonds is 7. The normalized spacial score (nSPS) is 16.7. The van der Waals surface area contributed by atoms with Crippen LogP contribution in [0.1, 0.15) is 43.7 Å². The van der Waals surface area contributed by atoms with Gasteiger partial charge >= 0.3 is 6.03 Å². The molecule has 122 valence electrons. The largest absolute Gasteiger partial charge is 0.338 e. The van der Waals surface area contributed by atoms with Crippen molar-refractivity contribution in [2.24, 2.45) is 5.92 Å². The number of benzene rings is 1. The first kappa shape index (κ1) is 16.8. The molecule has 0 unspecified atom stereocenters. The molecule has 1 aromatic rings. The van der Waals surface area contributed by atoms with Crippen LogP contribution in [0.2, 0.25) is 0 Å². The molecule has 0 bridgehead atoms. The fourth-order valence-electron chi connectivity index (χ4n) is 3.21. The Kier molecular flexibility index (Phi) is 6.72. The second kappa shape index (κ2) is 8.79. The minimum Gasteiger partial charge on any atom is -0.338 e. The summed E-state index contributed by atoms with van der Waals surface area (Å²) in [5, 5.41) is 5.98. The summed E-state index contributed by atoms with van der Waals surface area (Å²) in [5.41, 5.74) is 1.22. The van der Waals surface area contributed by atoms with E-state index in [0.29, 0.717) is 6.54 Å². The summed E-state index contributed by atoms with van der Waals surface area (Å²) in [6, 6.07) is 10.4. The average Bonchev–Trinajstić information content (AvgIpc) is 3.01. The Morgan fingerprint density at radius 2 is 1.86 bits per heavy atom. The zero-order valence-corrected chi connectivity index (χ0v) is 13.8. The number of hydrogen-bond donors (Lipinski definition) is 2. The number of likely N-dealkylation sites (N-methyl/N-ethyl adjacent to an activating group) is 1. The van der Waals surface area contributed by atoms with Crippen LogP contribution in [0.25, 0.3) is 0 Å². The lowest BCUT2D eigenvalue weighted by Gasteiger charge is -2.25. The van der Waals surface area contributed by atoms with Crippen molar-refractivity contribution in [3.63, 3.8) is 0 Å². The minimum atomic E-state index is -0.0548. The minimum absolute atomic E-state index is 0.0548. The number of nitrogens with one attached hydrogen (secondary N) is 2. The van der Waals surface area contributed by atoms with Crippen molar-refractivity contribution in [3.05, 3.63) is 35.9 Å². The Balaban J connectivity index is 1.71. The highest BCUT2D eigenvalue weighted by atomic mass is 16.2. The van der Waals surface area contributed by atoms with Gasteiger partial charge in [-0.2, -0.15) is 0 Å². The number of nitrogens with zero attached hydrogens (tertiary/aromatic N) is 1. The third kappa shape index (κ3) is 5.34. The second-order valence-corrected chi connectivity index (χ2v) is 6.47. The molecular weight excluding hydrogens is 274 g/mol. The van der Waals surface area contributed by atoms with Crippen molar-refractivity contribution in [2.45, 2.75) is 38.1 Å². The van der Waals surface area contributed by atoms with Crippen LogP contribution >= 0.6 is 0 Å². The maximum Gasteiger partial charge on any atom is 0.314 e. The van der Waals surface area contributed by atoms with E-state index in [-0.39, 0.29) is 12.1 Å². The van der Waals surface area contributed by atoms with Crippen molar-refractivity contribution < 1.29 is 4.79 Å². The monoisotopic (exact) mass is 303 g/mol. The average molecular weight is 303 g/mol. The number of amides is 2. The number of hydrogen-bond acceptors (Lipinski definition) is 2. The fourth-order valence-corrected chi connectivity index (χ4v) is 3.21. The molecule has 2 rings (SSSR count). The van der Waals surface area contributed by atoms with E-state index in [1.165, 1.54) is 31.2 Å². The van der Waals surface area contributed by atoms with Crippen molar-refractivity contribution in [1.29, 1.82) is 0 Å².